The van der Waals surface area contributed by atoms with Crippen LogP contribution < -0.4 is 26.9 Å². The molecule has 22 heteroatoms. The highest BCUT2D eigenvalue weighted by atomic mass is 32.2. The molecule has 7 N–H and O–H groups in total. The predicted molar refractivity (Wildman–Crippen MR) is 171 cm³/mol. The molecule has 0 bridgehead atoms. The van der Waals surface area contributed by atoms with Gasteiger partial charge in [-0.15, -0.1) is 11.8 Å². The Bertz CT molecular complexity index is 1730. The Kier molecular flexibility index (Phi) is 11.1. The molecule has 5 heterocycles. The number of pyridine rings is 1. The fourth-order valence-corrected chi connectivity index (χ4v) is 8.34. The Balaban J connectivity index is 1.15. The largest absolute Gasteiger partial charge is 0.519 e. The molecule has 0 aromatic carbocycles. The number of thioether (sulfide) groups is 3. The highest BCUT2D eigenvalue weighted by Gasteiger charge is 2.54. The average Bonchev–Trinajstić information content (AvgIpc) is 3.62. The molecule has 47 heavy (non-hydrogen) atoms. The van der Waals surface area contributed by atoms with Crippen LogP contribution in [-0.2, 0) is 31.5 Å². The van der Waals surface area contributed by atoms with Crippen molar-refractivity contribution in [2.75, 3.05) is 18.1 Å². The van der Waals surface area contributed by atoms with Gasteiger partial charge in [0.25, 0.3) is 11.8 Å². The average molecular weight is 727 g/mol. The predicted octanol–water partition coefficient (Wildman–Crippen LogP) is 0.606. The number of nitrogens with zero attached hydrogens (tertiary/aromatic N) is 4. The number of aliphatic imine (C=N–C) groups is 1. The van der Waals surface area contributed by atoms with Gasteiger partial charge in [0.1, 0.15) is 17.1 Å². The first-order valence-corrected chi connectivity index (χ1v) is 17.4. The molecular weight excluding hydrogens is 701 g/mol. The van der Waals surface area contributed by atoms with Crippen LogP contribution in [0.25, 0.3) is 0 Å². The molecule has 3 amide bonds. The lowest BCUT2D eigenvalue weighted by Crippen LogP contribution is -2.71. The van der Waals surface area contributed by atoms with Crippen molar-refractivity contribution in [3.63, 3.8) is 0 Å². The molecule has 0 aliphatic carbocycles. The van der Waals surface area contributed by atoms with Gasteiger partial charge in [0, 0.05) is 39.8 Å². The van der Waals surface area contributed by atoms with E-state index in [0.29, 0.717) is 27.0 Å². The number of aromatic nitrogens is 1. The molecule has 3 aliphatic rings. The second-order valence-electron chi connectivity index (χ2n) is 9.51. The number of fused-ring (bicyclic) bond motifs is 1. The summed E-state index contributed by atoms with van der Waals surface area (Å²) in [4.78, 5) is 71.9. The van der Waals surface area contributed by atoms with Crippen molar-refractivity contribution >= 4 is 82.7 Å². The zero-order chi connectivity index (χ0) is 33.7. The van der Waals surface area contributed by atoms with Gasteiger partial charge in [0.15, 0.2) is 29.5 Å². The number of carboxylic acids is 1. The van der Waals surface area contributed by atoms with Gasteiger partial charge in [0.05, 0.1) is 5.69 Å². The van der Waals surface area contributed by atoms with Crippen LogP contribution in [-0.4, -0.2) is 90.6 Å². The van der Waals surface area contributed by atoms with E-state index in [4.69, 9.17) is 19.3 Å². The zero-order valence-corrected chi connectivity index (χ0v) is 27.4. The number of ether oxygens (including phenoxy) is 1. The summed E-state index contributed by atoms with van der Waals surface area (Å²) in [5.74, 6) is -2.20. The van der Waals surface area contributed by atoms with Crippen molar-refractivity contribution < 1.29 is 43.1 Å². The number of hydrogen-bond donors (Lipinski definition) is 6. The minimum atomic E-state index is -1.30. The number of nitrogens with two attached hydrogens (primary N) is 1. The smallest absolute Gasteiger partial charge is 0.477 e. The number of alkyl carbamates (subject to hydrolysis) is 1. The second kappa shape index (κ2) is 15.2. The fourth-order valence-electron chi connectivity index (χ4n) is 4.32. The topological polar surface area (TPSA) is 264 Å². The fraction of sp³-hybridized carbons (Fsp3) is 0.360. The molecule has 1 saturated heterocycles. The molecule has 1 unspecified atom stereocenters. The lowest BCUT2D eigenvalue weighted by Gasteiger charge is -2.49. The minimum absolute atomic E-state index is 0.0507. The monoisotopic (exact) mass is 726 g/mol. The number of aryl methyl sites for hydroxylation is 1. The van der Waals surface area contributed by atoms with Crippen LogP contribution in [0.1, 0.15) is 17.2 Å². The van der Waals surface area contributed by atoms with Crippen molar-refractivity contribution in [2.45, 2.75) is 41.1 Å². The van der Waals surface area contributed by atoms with E-state index in [0.717, 1.165) is 16.8 Å². The third kappa shape index (κ3) is 7.89. The maximum Gasteiger partial charge on any atom is 0.519 e. The van der Waals surface area contributed by atoms with E-state index in [1.807, 2.05) is 0 Å². The number of carbonyl (C=O) groups is 4. The number of carboxylic acid groups (broad SMARTS) is 1. The number of β-lactam (4-membered cyclic amide) rings is 1. The SMILES string of the molecule is Cc1oc(=O)oc1COC(=O)NCCSCc1ncccc1SC1=C(C(=O)O)N2C(=O)[C@@H](NC(=O)/C(=N\O)C3=NC(N)SN3)[C@H]2SC1. The first-order valence-electron chi connectivity index (χ1n) is 13.5. The van der Waals surface area contributed by atoms with Gasteiger partial charge in [-0.05, 0) is 31.0 Å². The Morgan fingerprint density at radius 3 is 2.81 bits per heavy atom. The molecule has 5 rings (SSSR count). The Hall–Kier alpha value is -4.12. The molecule has 3 aliphatic heterocycles. The van der Waals surface area contributed by atoms with Crippen LogP contribution in [0, 0.1) is 6.92 Å². The molecule has 0 spiro atoms. The molecule has 2 aromatic rings. The lowest BCUT2D eigenvalue weighted by atomic mass is 10.0. The van der Waals surface area contributed by atoms with Crippen molar-refractivity contribution in [3.8, 4) is 0 Å². The quantitative estimate of drug-likeness (QED) is 0.0412. The van der Waals surface area contributed by atoms with Gasteiger partial charge >= 0.3 is 17.9 Å². The molecule has 250 valence electrons. The van der Waals surface area contributed by atoms with Gasteiger partial charge in [-0.1, -0.05) is 16.9 Å². The van der Waals surface area contributed by atoms with Crippen LogP contribution >= 0.6 is 47.2 Å². The van der Waals surface area contributed by atoms with Crippen molar-refractivity contribution in [3.05, 3.63) is 56.8 Å². The highest BCUT2D eigenvalue weighted by Crippen LogP contribution is 2.45. The van der Waals surface area contributed by atoms with E-state index in [1.165, 1.54) is 42.2 Å². The lowest BCUT2D eigenvalue weighted by molar-refractivity contribution is -0.150. The molecule has 1 fully saturated rings. The van der Waals surface area contributed by atoms with Gasteiger partial charge in [-0.3, -0.25) is 25.2 Å². The molecule has 3 atom stereocenters. The van der Waals surface area contributed by atoms with Crippen molar-refractivity contribution in [1.29, 1.82) is 0 Å². The van der Waals surface area contributed by atoms with Gasteiger partial charge in [-0.2, -0.15) is 11.8 Å². The van der Waals surface area contributed by atoms with E-state index < -0.39 is 52.3 Å². The summed E-state index contributed by atoms with van der Waals surface area (Å²) in [5.41, 5.74) is 4.97. The Morgan fingerprint density at radius 2 is 2.13 bits per heavy atom. The highest BCUT2D eigenvalue weighted by molar-refractivity contribution is 8.06. The summed E-state index contributed by atoms with van der Waals surface area (Å²) in [5, 5.41) is 26.8. The van der Waals surface area contributed by atoms with Gasteiger partial charge < -0.3 is 39.2 Å². The molecule has 0 saturated carbocycles. The number of aliphatic carboxylic acids is 1. The van der Waals surface area contributed by atoms with Crippen LogP contribution in [0.2, 0.25) is 0 Å². The molecular formula is C25H26N8O10S4. The summed E-state index contributed by atoms with van der Waals surface area (Å²) in [6.45, 7) is 1.54. The zero-order valence-electron chi connectivity index (χ0n) is 24.2. The molecule has 2 aromatic heterocycles. The summed E-state index contributed by atoms with van der Waals surface area (Å²) in [6, 6.07) is 2.46. The van der Waals surface area contributed by atoms with E-state index >= 15 is 0 Å². The molecule has 0 radical (unpaired) electrons. The Labute approximate surface area is 281 Å². The first kappa shape index (κ1) is 34.2. The third-order valence-electron chi connectivity index (χ3n) is 6.50. The minimum Gasteiger partial charge on any atom is -0.477 e. The van der Waals surface area contributed by atoms with E-state index in [1.54, 1.807) is 18.3 Å². The van der Waals surface area contributed by atoms with Crippen LogP contribution in [0.4, 0.5) is 4.79 Å². The number of rotatable bonds is 13. The maximum absolute atomic E-state index is 13.1. The van der Waals surface area contributed by atoms with E-state index in [9.17, 15) is 34.3 Å². The van der Waals surface area contributed by atoms with Gasteiger partial charge in [0.2, 0.25) is 5.71 Å². The van der Waals surface area contributed by atoms with Crippen LogP contribution in [0.15, 0.2) is 57.6 Å². The summed E-state index contributed by atoms with van der Waals surface area (Å²) >= 11 is 4.94. The standard InChI is InChI=1S/C25H26N8O10S4/c1-10-12(43-25(39)42-10)7-41-24(38)28-5-6-44-8-11-13(3-2-4-27-11)46-14-9-45-21-16(20(35)33(21)17(14)22(36)37)29-19(34)15(31-40)18-30-23(26)47-32-18/h2-4,16,21,23,40H,5-9,26H2,1H3,(H,28,38)(H,29,34)(H,30,32)(H,36,37)/b31-15-/t16-,21-,23?/m1/s1. The second-order valence-corrected chi connectivity index (χ2v) is 13.8. The van der Waals surface area contributed by atoms with E-state index in [-0.39, 0.29) is 42.0 Å². The Morgan fingerprint density at radius 1 is 1.32 bits per heavy atom. The third-order valence-corrected chi connectivity index (χ3v) is 10.8. The molecule has 18 nitrogen and oxygen atoms in total. The number of amides is 3. The number of carbonyl (C=O) groups excluding carboxylic acids is 3. The number of hydrogen-bond acceptors (Lipinski definition) is 18. The van der Waals surface area contributed by atoms with E-state index in [2.05, 4.69) is 30.5 Å². The number of nitrogens with one attached hydrogen (secondary N) is 3. The van der Waals surface area contributed by atoms with Crippen LogP contribution in [0.3, 0.4) is 0 Å². The van der Waals surface area contributed by atoms with Crippen molar-refractivity contribution in [1.82, 2.24) is 25.2 Å². The number of oxime groups is 1. The summed E-state index contributed by atoms with van der Waals surface area (Å²) < 4.78 is 17.2. The summed E-state index contributed by atoms with van der Waals surface area (Å²) in [7, 11) is 0. The normalized spacial score (nSPS) is 20.6. The van der Waals surface area contributed by atoms with Gasteiger partial charge in [-0.25, -0.2) is 19.4 Å². The first-order chi connectivity index (χ1) is 22.6. The van der Waals surface area contributed by atoms with Crippen LogP contribution in [0.5, 0.6) is 0 Å². The maximum atomic E-state index is 13.1. The summed E-state index contributed by atoms with van der Waals surface area (Å²) in [6.07, 6.45) is 0.914. The number of amidine groups is 1. The van der Waals surface area contributed by atoms with Crippen molar-refractivity contribution in [2.24, 2.45) is 15.9 Å².